The number of anilines is 1. The van der Waals surface area contributed by atoms with Crippen LogP contribution in [0.2, 0.25) is 0 Å². The van der Waals surface area contributed by atoms with Crippen LogP contribution in [0.3, 0.4) is 0 Å². The summed E-state index contributed by atoms with van der Waals surface area (Å²) in [6.07, 6.45) is 1.61. The molecule has 0 bridgehead atoms. The van der Waals surface area contributed by atoms with Gasteiger partial charge in [0.15, 0.2) is 5.54 Å². The zero-order chi connectivity index (χ0) is 14.8. The number of hydrogen-bond donors (Lipinski definition) is 1. The summed E-state index contributed by atoms with van der Waals surface area (Å²) < 4.78 is 18.3. The van der Waals surface area contributed by atoms with Gasteiger partial charge in [0.25, 0.3) is 0 Å². The van der Waals surface area contributed by atoms with Gasteiger partial charge < -0.3 is 10.1 Å². The highest BCUT2D eigenvalue weighted by atomic mass is 32.1. The second kappa shape index (κ2) is 5.58. The van der Waals surface area contributed by atoms with Crippen molar-refractivity contribution in [3.8, 4) is 0 Å². The number of methoxy groups -OCH3 is 1. The van der Waals surface area contributed by atoms with Gasteiger partial charge in [-0.2, -0.15) is 0 Å². The second-order valence-electron chi connectivity index (χ2n) is 4.60. The highest BCUT2D eigenvalue weighted by molar-refractivity contribution is 7.09. The lowest BCUT2D eigenvalue weighted by atomic mass is 10.0. The number of benzene rings is 1. The van der Waals surface area contributed by atoms with Gasteiger partial charge in [-0.3, -0.25) is 0 Å². The number of ether oxygens (including phenoxy) is 1. The number of hydrogen-bond acceptors (Lipinski definition) is 5. The van der Waals surface area contributed by atoms with E-state index < -0.39 is 11.5 Å². The van der Waals surface area contributed by atoms with Gasteiger partial charge in [0, 0.05) is 17.3 Å². The van der Waals surface area contributed by atoms with E-state index in [0.717, 1.165) is 5.56 Å². The fraction of sp³-hybridized carbons (Fsp3) is 0.286. The van der Waals surface area contributed by atoms with E-state index in [0.29, 0.717) is 10.7 Å². The molecule has 106 valence electrons. The van der Waals surface area contributed by atoms with E-state index in [4.69, 9.17) is 4.74 Å². The minimum atomic E-state index is -1.15. The summed E-state index contributed by atoms with van der Waals surface area (Å²) in [5.74, 6) is -0.840. The normalized spacial score (nSPS) is 13.6. The Morgan fingerprint density at radius 1 is 1.45 bits per heavy atom. The summed E-state index contributed by atoms with van der Waals surface area (Å²) in [6.45, 7) is 3.45. The van der Waals surface area contributed by atoms with Crippen LogP contribution in [-0.2, 0) is 15.1 Å². The largest absolute Gasteiger partial charge is 0.467 e. The fourth-order valence-electron chi connectivity index (χ4n) is 1.96. The van der Waals surface area contributed by atoms with Gasteiger partial charge >= 0.3 is 5.97 Å². The van der Waals surface area contributed by atoms with Gasteiger partial charge in [-0.25, -0.2) is 14.2 Å². The van der Waals surface area contributed by atoms with Crippen molar-refractivity contribution in [1.82, 2.24) is 4.98 Å². The molecule has 0 amide bonds. The molecule has 20 heavy (non-hydrogen) atoms. The number of carbonyl (C=O) groups is 1. The van der Waals surface area contributed by atoms with Crippen molar-refractivity contribution >= 4 is 23.0 Å². The Morgan fingerprint density at radius 3 is 2.75 bits per heavy atom. The lowest BCUT2D eigenvalue weighted by Crippen LogP contribution is -2.41. The lowest BCUT2D eigenvalue weighted by molar-refractivity contribution is -0.145. The molecule has 1 aromatic carbocycles. The standard InChI is InChI=1S/C14H15FN2O2S/c1-9-6-10(15)8-11(7-9)17-14(2,13(18)19-3)12-16-4-5-20-12/h4-8,17H,1-3H3. The first-order valence-corrected chi connectivity index (χ1v) is 6.87. The zero-order valence-electron chi connectivity index (χ0n) is 11.4. The van der Waals surface area contributed by atoms with Crippen molar-refractivity contribution in [3.63, 3.8) is 0 Å². The monoisotopic (exact) mass is 294 g/mol. The Hall–Kier alpha value is -1.95. The third-order valence-electron chi connectivity index (χ3n) is 2.89. The van der Waals surface area contributed by atoms with E-state index in [2.05, 4.69) is 10.3 Å². The van der Waals surface area contributed by atoms with Crippen LogP contribution >= 0.6 is 11.3 Å². The number of thiazole rings is 1. The van der Waals surface area contributed by atoms with E-state index in [-0.39, 0.29) is 5.82 Å². The van der Waals surface area contributed by atoms with Crippen molar-refractivity contribution < 1.29 is 13.9 Å². The minimum Gasteiger partial charge on any atom is -0.467 e. The zero-order valence-corrected chi connectivity index (χ0v) is 12.3. The molecule has 2 aromatic rings. The summed E-state index contributed by atoms with van der Waals surface area (Å²) >= 11 is 1.33. The van der Waals surface area contributed by atoms with Gasteiger partial charge in [-0.1, -0.05) is 0 Å². The minimum absolute atomic E-state index is 0.362. The molecule has 0 fully saturated rings. The Balaban J connectivity index is 2.41. The third kappa shape index (κ3) is 2.80. The van der Waals surface area contributed by atoms with Gasteiger partial charge in [0.05, 0.1) is 7.11 Å². The molecule has 0 saturated carbocycles. The second-order valence-corrected chi connectivity index (χ2v) is 5.49. The van der Waals surface area contributed by atoms with E-state index in [1.165, 1.54) is 30.6 Å². The van der Waals surface area contributed by atoms with Gasteiger partial charge in [-0.15, -0.1) is 11.3 Å². The Bertz CT molecular complexity index is 595. The van der Waals surface area contributed by atoms with Crippen molar-refractivity contribution in [1.29, 1.82) is 0 Å². The molecule has 2 rings (SSSR count). The number of nitrogens with zero attached hydrogens (tertiary/aromatic N) is 1. The van der Waals surface area contributed by atoms with Crippen molar-refractivity contribution in [2.75, 3.05) is 12.4 Å². The van der Waals surface area contributed by atoms with Crippen LogP contribution < -0.4 is 5.32 Å². The maximum Gasteiger partial charge on any atom is 0.338 e. The van der Waals surface area contributed by atoms with E-state index in [1.807, 2.05) is 0 Å². The Labute approximate surface area is 120 Å². The molecule has 1 atom stereocenters. The first-order valence-electron chi connectivity index (χ1n) is 5.99. The Kier molecular flexibility index (Phi) is 4.04. The predicted molar refractivity (Wildman–Crippen MR) is 76.2 cm³/mol. The summed E-state index contributed by atoms with van der Waals surface area (Å²) in [5.41, 5.74) is 0.118. The van der Waals surface area contributed by atoms with Crippen LogP contribution in [0, 0.1) is 12.7 Å². The smallest absolute Gasteiger partial charge is 0.338 e. The number of rotatable bonds is 4. The predicted octanol–water partition coefficient (Wildman–Crippen LogP) is 3.09. The molecule has 0 aliphatic heterocycles. The molecule has 0 aliphatic carbocycles. The maximum atomic E-state index is 13.5. The lowest BCUT2D eigenvalue weighted by Gasteiger charge is -2.27. The van der Waals surface area contributed by atoms with Crippen LogP contribution in [0.4, 0.5) is 10.1 Å². The van der Waals surface area contributed by atoms with Crippen LogP contribution in [0.5, 0.6) is 0 Å². The van der Waals surface area contributed by atoms with Crippen LogP contribution in [-0.4, -0.2) is 18.1 Å². The Morgan fingerprint density at radius 2 is 2.20 bits per heavy atom. The quantitative estimate of drug-likeness (QED) is 0.880. The van der Waals surface area contributed by atoms with Crippen molar-refractivity contribution in [3.05, 3.63) is 46.2 Å². The van der Waals surface area contributed by atoms with Crippen LogP contribution in [0.1, 0.15) is 17.5 Å². The molecule has 1 aromatic heterocycles. The van der Waals surface area contributed by atoms with Crippen LogP contribution in [0.15, 0.2) is 29.8 Å². The number of aryl methyl sites for hydroxylation is 1. The average molecular weight is 294 g/mol. The highest BCUT2D eigenvalue weighted by Gasteiger charge is 2.39. The van der Waals surface area contributed by atoms with Gasteiger partial charge in [-0.05, 0) is 37.6 Å². The number of halogens is 1. The molecule has 0 radical (unpaired) electrons. The average Bonchev–Trinajstić information content (AvgIpc) is 2.90. The summed E-state index contributed by atoms with van der Waals surface area (Å²) in [7, 11) is 1.31. The SMILES string of the molecule is COC(=O)C(C)(Nc1cc(C)cc(F)c1)c1nccs1. The highest BCUT2D eigenvalue weighted by Crippen LogP contribution is 2.29. The fourth-order valence-corrected chi connectivity index (χ4v) is 2.71. The molecule has 1 heterocycles. The first kappa shape index (κ1) is 14.5. The van der Waals surface area contributed by atoms with E-state index >= 15 is 0 Å². The van der Waals surface area contributed by atoms with Gasteiger partial charge in [0.2, 0.25) is 0 Å². The molecule has 0 aliphatic rings. The molecule has 4 nitrogen and oxygen atoms in total. The van der Waals surface area contributed by atoms with Gasteiger partial charge in [0.1, 0.15) is 10.8 Å². The maximum absolute atomic E-state index is 13.5. The molecule has 0 saturated heterocycles. The molecular weight excluding hydrogens is 279 g/mol. The first-order chi connectivity index (χ1) is 9.45. The topological polar surface area (TPSA) is 51.2 Å². The molecule has 1 unspecified atom stereocenters. The third-order valence-corrected chi connectivity index (χ3v) is 3.88. The summed E-state index contributed by atoms with van der Waals surface area (Å²) in [5, 5.41) is 5.36. The number of esters is 1. The number of carbonyl (C=O) groups excluding carboxylic acids is 1. The number of aromatic nitrogens is 1. The number of nitrogens with one attached hydrogen (secondary N) is 1. The van der Waals surface area contributed by atoms with Crippen molar-refractivity contribution in [2.24, 2.45) is 0 Å². The molecule has 0 spiro atoms. The van der Waals surface area contributed by atoms with Crippen molar-refractivity contribution in [2.45, 2.75) is 19.4 Å². The molecular formula is C14H15FN2O2S. The van der Waals surface area contributed by atoms with E-state index in [9.17, 15) is 9.18 Å². The summed E-state index contributed by atoms with van der Waals surface area (Å²) in [6, 6.07) is 4.52. The summed E-state index contributed by atoms with van der Waals surface area (Å²) in [4.78, 5) is 16.3. The molecule has 1 N–H and O–H groups in total. The van der Waals surface area contributed by atoms with E-state index in [1.54, 1.807) is 31.5 Å². The van der Waals surface area contributed by atoms with Crippen LogP contribution in [0.25, 0.3) is 0 Å². The molecule has 6 heteroatoms.